The maximum absolute atomic E-state index is 12.4. The molecule has 1 saturated heterocycles. The van der Waals surface area contributed by atoms with Crippen LogP contribution < -0.4 is 5.32 Å². The summed E-state index contributed by atoms with van der Waals surface area (Å²) in [6, 6.07) is -0.706. The van der Waals surface area contributed by atoms with E-state index < -0.39 is 6.04 Å². The minimum absolute atomic E-state index is 0.0180. The summed E-state index contributed by atoms with van der Waals surface area (Å²) in [7, 11) is 0. The Morgan fingerprint density at radius 3 is 2.57 bits per heavy atom. The van der Waals surface area contributed by atoms with Crippen molar-refractivity contribution < 1.29 is 14.3 Å². The first-order valence-corrected chi connectivity index (χ1v) is 8.33. The Balaban J connectivity index is 2.04. The molecule has 0 aromatic carbocycles. The number of ether oxygens (including phenoxy) is 1. The minimum Gasteiger partial charge on any atom is -0.380 e. The predicted octanol–water partition coefficient (Wildman–Crippen LogP) is 1.71. The number of carbonyl (C=O) groups is 2. The molecule has 5 heteroatoms. The van der Waals surface area contributed by atoms with Gasteiger partial charge in [-0.2, -0.15) is 0 Å². The Labute approximate surface area is 127 Å². The first-order chi connectivity index (χ1) is 10.1. The summed E-state index contributed by atoms with van der Waals surface area (Å²) >= 11 is 0. The molecule has 5 nitrogen and oxygen atoms in total. The third kappa shape index (κ3) is 3.96. The van der Waals surface area contributed by atoms with Crippen LogP contribution in [0.4, 0.5) is 0 Å². The van der Waals surface area contributed by atoms with Gasteiger partial charge in [-0.05, 0) is 32.1 Å². The molecule has 0 bridgehead atoms. The van der Waals surface area contributed by atoms with E-state index >= 15 is 0 Å². The van der Waals surface area contributed by atoms with Gasteiger partial charge in [-0.15, -0.1) is 0 Å². The summed E-state index contributed by atoms with van der Waals surface area (Å²) in [5.41, 5.74) is 0. The van der Waals surface area contributed by atoms with E-state index in [9.17, 15) is 9.59 Å². The number of hydrogen-bond donors (Lipinski definition) is 1. The first-order valence-electron chi connectivity index (χ1n) is 8.33. The normalized spacial score (nSPS) is 27.8. The number of nitrogens with zero attached hydrogens (tertiary/aromatic N) is 1. The molecule has 2 amide bonds. The monoisotopic (exact) mass is 296 g/mol. The molecule has 0 aromatic rings. The maximum Gasteiger partial charge on any atom is 0.245 e. The van der Waals surface area contributed by atoms with Crippen molar-refractivity contribution in [1.29, 1.82) is 0 Å². The van der Waals surface area contributed by atoms with Gasteiger partial charge >= 0.3 is 0 Å². The topological polar surface area (TPSA) is 58.6 Å². The largest absolute Gasteiger partial charge is 0.380 e. The molecule has 1 aliphatic heterocycles. The lowest BCUT2D eigenvalue weighted by Gasteiger charge is -2.42. The maximum atomic E-state index is 12.4. The molecule has 2 rings (SSSR count). The summed E-state index contributed by atoms with van der Waals surface area (Å²) < 4.78 is 5.51. The molecule has 0 spiro atoms. The zero-order valence-corrected chi connectivity index (χ0v) is 13.3. The van der Waals surface area contributed by atoms with Crippen molar-refractivity contribution in [3.8, 4) is 0 Å². The second-order valence-electron chi connectivity index (χ2n) is 6.22. The quantitative estimate of drug-likeness (QED) is 0.759. The molecular formula is C16H28N2O3. The van der Waals surface area contributed by atoms with Crippen LogP contribution in [-0.4, -0.2) is 48.6 Å². The Hall–Kier alpha value is -1.10. The molecule has 2 fully saturated rings. The molecule has 1 heterocycles. The second kappa shape index (κ2) is 7.78. The van der Waals surface area contributed by atoms with Crippen LogP contribution in [0.3, 0.4) is 0 Å². The summed E-state index contributed by atoms with van der Waals surface area (Å²) in [5.74, 6) is 0.358. The highest BCUT2D eigenvalue weighted by molar-refractivity contribution is 5.96. The number of nitrogens with one attached hydrogen (secondary N) is 1. The summed E-state index contributed by atoms with van der Waals surface area (Å²) in [6.07, 6.45) is 6.64. The van der Waals surface area contributed by atoms with Crippen molar-refractivity contribution >= 4 is 11.8 Å². The fraction of sp³-hybridized carbons (Fsp3) is 0.875. The van der Waals surface area contributed by atoms with Gasteiger partial charge in [0.05, 0.1) is 6.61 Å². The predicted molar refractivity (Wildman–Crippen MR) is 80.8 cm³/mol. The number of piperazine rings is 1. The number of carbonyl (C=O) groups excluding carboxylic acids is 2. The fourth-order valence-corrected chi connectivity index (χ4v) is 3.46. The molecular weight excluding hydrogens is 268 g/mol. The number of hydrogen-bond acceptors (Lipinski definition) is 3. The van der Waals surface area contributed by atoms with Gasteiger partial charge in [0.15, 0.2) is 0 Å². The van der Waals surface area contributed by atoms with Gasteiger partial charge in [-0.25, -0.2) is 0 Å². The van der Waals surface area contributed by atoms with Crippen molar-refractivity contribution in [1.82, 2.24) is 10.2 Å². The van der Waals surface area contributed by atoms with Crippen LogP contribution >= 0.6 is 0 Å². The Bertz CT molecular complexity index is 367. The van der Waals surface area contributed by atoms with Gasteiger partial charge in [0.25, 0.3) is 0 Å². The summed E-state index contributed by atoms with van der Waals surface area (Å²) in [4.78, 5) is 26.6. The van der Waals surface area contributed by atoms with Crippen LogP contribution in [0.1, 0.15) is 52.4 Å². The summed E-state index contributed by atoms with van der Waals surface area (Å²) in [6.45, 7) is 5.57. The molecule has 0 aromatic heterocycles. The SMILES string of the molecule is CCCOCCN1C(=O)C(C)NC(=O)C1C1CCCCC1. The van der Waals surface area contributed by atoms with Crippen molar-refractivity contribution in [2.75, 3.05) is 19.8 Å². The Morgan fingerprint density at radius 1 is 1.19 bits per heavy atom. The minimum atomic E-state index is -0.413. The highest BCUT2D eigenvalue weighted by Crippen LogP contribution is 2.30. The van der Waals surface area contributed by atoms with E-state index in [1.165, 1.54) is 19.3 Å². The van der Waals surface area contributed by atoms with Gasteiger partial charge in [0, 0.05) is 13.2 Å². The average Bonchev–Trinajstić information content (AvgIpc) is 2.49. The smallest absolute Gasteiger partial charge is 0.245 e. The van der Waals surface area contributed by atoms with E-state index in [1.54, 1.807) is 11.8 Å². The van der Waals surface area contributed by atoms with Crippen LogP contribution in [-0.2, 0) is 14.3 Å². The number of amides is 2. The molecule has 2 aliphatic rings. The molecule has 2 atom stereocenters. The molecule has 1 N–H and O–H groups in total. The van der Waals surface area contributed by atoms with Crippen molar-refractivity contribution in [3.05, 3.63) is 0 Å². The van der Waals surface area contributed by atoms with Crippen LogP contribution in [0.15, 0.2) is 0 Å². The number of rotatable bonds is 6. The Morgan fingerprint density at radius 2 is 1.90 bits per heavy atom. The van der Waals surface area contributed by atoms with Crippen LogP contribution in [0.5, 0.6) is 0 Å². The van der Waals surface area contributed by atoms with Gasteiger partial charge in [-0.1, -0.05) is 26.2 Å². The lowest BCUT2D eigenvalue weighted by Crippen LogP contribution is -2.65. The fourth-order valence-electron chi connectivity index (χ4n) is 3.46. The van der Waals surface area contributed by atoms with E-state index in [0.29, 0.717) is 25.7 Å². The van der Waals surface area contributed by atoms with Crippen LogP contribution in [0.2, 0.25) is 0 Å². The van der Waals surface area contributed by atoms with Gasteiger partial charge < -0.3 is 15.0 Å². The van der Waals surface area contributed by atoms with E-state index in [4.69, 9.17) is 4.74 Å². The second-order valence-corrected chi connectivity index (χ2v) is 6.22. The van der Waals surface area contributed by atoms with E-state index in [1.807, 2.05) is 0 Å². The van der Waals surface area contributed by atoms with Crippen molar-refractivity contribution in [2.45, 2.75) is 64.5 Å². The molecule has 21 heavy (non-hydrogen) atoms. The molecule has 1 saturated carbocycles. The average molecular weight is 296 g/mol. The van der Waals surface area contributed by atoms with Gasteiger partial charge in [0.2, 0.25) is 11.8 Å². The van der Waals surface area contributed by atoms with Gasteiger partial charge in [0.1, 0.15) is 12.1 Å². The molecule has 1 aliphatic carbocycles. The third-order valence-corrected chi connectivity index (χ3v) is 4.54. The zero-order valence-electron chi connectivity index (χ0n) is 13.3. The van der Waals surface area contributed by atoms with Crippen LogP contribution in [0.25, 0.3) is 0 Å². The highest BCUT2D eigenvalue weighted by Gasteiger charge is 2.42. The highest BCUT2D eigenvalue weighted by atomic mass is 16.5. The van der Waals surface area contributed by atoms with Crippen molar-refractivity contribution in [3.63, 3.8) is 0 Å². The molecule has 120 valence electrons. The molecule has 0 radical (unpaired) electrons. The van der Waals surface area contributed by atoms with E-state index in [-0.39, 0.29) is 17.9 Å². The first kappa shape index (κ1) is 16.3. The summed E-state index contributed by atoms with van der Waals surface area (Å²) in [5, 5.41) is 2.84. The lowest BCUT2D eigenvalue weighted by molar-refractivity contribution is -0.152. The standard InChI is InChI=1S/C16H28N2O3/c1-3-10-21-11-9-18-14(13-7-5-4-6-8-13)15(19)17-12(2)16(18)20/h12-14H,3-11H2,1-2H3,(H,17,19). The third-order valence-electron chi connectivity index (χ3n) is 4.54. The lowest BCUT2D eigenvalue weighted by atomic mass is 9.81. The van der Waals surface area contributed by atoms with Gasteiger partial charge in [-0.3, -0.25) is 9.59 Å². The zero-order chi connectivity index (χ0) is 15.2. The van der Waals surface area contributed by atoms with E-state index in [2.05, 4.69) is 12.2 Å². The Kier molecular flexibility index (Phi) is 6.03. The van der Waals surface area contributed by atoms with Crippen LogP contribution in [0, 0.1) is 5.92 Å². The van der Waals surface area contributed by atoms with Crippen molar-refractivity contribution in [2.24, 2.45) is 5.92 Å². The van der Waals surface area contributed by atoms with E-state index in [0.717, 1.165) is 19.3 Å². The molecule has 2 unspecified atom stereocenters.